The quantitative estimate of drug-likeness (QED) is 0.293. The first-order valence-corrected chi connectivity index (χ1v) is 13.4. The van der Waals surface area contributed by atoms with Gasteiger partial charge in [-0.15, -0.1) is 0 Å². The summed E-state index contributed by atoms with van der Waals surface area (Å²) < 4.78 is 27.1. The number of nitrogens with zero attached hydrogens (tertiary/aromatic N) is 1. The number of carbonyl (C=O) groups is 1. The molecule has 1 aromatic rings. The van der Waals surface area contributed by atoms with Gasteiger partial charge in [-0.25, -0.2) is 13.6 Å². The number of hydrogen-bond donors (Lipinski definition) is 3. The van der Waals surface area contributed by atoms with Gasteiger partial charge >= 0.3 is 6.03 Å². The number of piperidine rings is 1. The number of nitrogens with one attached hydrogen (secondary N) is 2. The summed E-state index contributed by atoms with van der Waals surface area (Å²) in [6.45, 7) is 6.95. The van der Waals surface area contributed by atoms with Crippen molar-refractivity contribution in [1.82, 2.24) is 15.5 Å². The third-order valence-electron chi connectivity index (χ3n) is 7.13. The minimum atomic E-state index is -2.79. The first-order valence-electron chi connectivity index (χ1n) is 13.0. The number of aliphatic hydroxyl groups is 1. The number of carbonyl (C=O) groups excluding carboxylic acids is 1. The van der Waals surface area contributed by atoms with Gasteiger partial charge < -0.3 is 20.6 Å². The number of hydrogen-bond acceptors (Lipinski definition) is 3. The maximum Gasteiger partial charge on any atom is 0.317 e. The van der Waals surface area contributed by atoms with E-state index in [2.05, 4.69) is 24.5 Å². The topological polar surface area (TPSA) is 64.6 Å². The summed E-state index contributed by atoms with van der Waals surface area (Å²) in [7, 11) is 1.88. The number of alkyl halides is 2. The molecule has 2 amide bonds. The van der Waals surface area contributed by atoms with Crippen molar-refractivity contribution in [2.75, 3.05) is 26.7 Å². The molecular weight excluding hydrogens is 472 g/mol. The van der Waals surface area contributed by atoms with Crippen LogP contribution < -0.4 is 10.6 Å². The lowest BCUT2D eigenvalue weighted by Gasteiger charge is -2.43. The minimum Gasteiger partial charge on any atom is -0.385 e. The molecule has 4 atom stereocenters. The Hall–Kier alpha value is -1.44. The van der Waals surface area contributed by atoms with Crippen molar-refractivity contribution in [2.24, 2.45) is 11.8 Å². The molecule has 1 saturated heterocycles. The number of amides is 2. The van der Waals surface area contributed by atoms with Crippen molar-refractivity contribution in [3.05, 3.63) is 34.9 Å². The van der Waals surface area contributed by atoms with E-state index < -0.39 is 11.5 Å². The molecule has 0 bridgehead atoms. The van der Waals surface area contributed by atoms with Crippen molar-refractivity contribution in [3.63, 3.8) is 0 Å². The van der Waals surface area contributed by atoms with Gasteiger partial charge in [0.05, 0.1) is 5.60 Å². The van der Waals surface area contributed by atoms with Crippen molar-refractivity contribution in [2.45, 2.75) is 89.7 Å². The zero-order chi connectivity index (χ0) is 26.1. The molecule has 35 heavy (non-hydrogen) atoms. The molecule has 1 aliphatic rings. The van der Waals surface area contributed by atoms with Crippen LogP contribution in [0.1, 0.15) is 77.7 Å². The highest BCUT2D eigenvalue weighted by molar-refractivity contribution is 6.30. The number of benzene rings is 1. The zero-order valence-electron chi connectivity index (χ0n) is 21.8. The van der Waals surface area contributed by atoms with E-state index in [0.29, 0.717) is 42.6 Å². The molecular formula is C27H44ClF2N3O2. The third-order valence-corrected chi connectivity index (χ3v) is 7.36. The largest absolute Gasteiger partial charge is 0.385 e. The molecule has 1 heterocycles. The van der Waals surface area contributed by atoms with Crippen LogP contribution in [-0.4, -0.2) is 54.7 Å². The summed E-state index contributed by atoms with van der Waals surface area (Å²) in [5.41, 5.74) is -0.715. The minimum absolute atomic E-state index is 0.0213. The Balaban J connectivity index is 2.16. The molecule has 0 radical (unpaired) electrons. The van der Waals surface area contributed by atoms with Crippen molar-refractivity contribution in [1.29, 1.82) is 0 Å². The van der Waals surface area contributed by atoms with Gasteiger partial charge in [-0.2, -0.15) is 0 Å². The summed E-state index contributed by atoms with van der Waals surface area (Å²) in [6, 6.07) is 6.90. The Morgan fingerprint density at radius 3 is 2.71 bits per heavy atom. The van der Waals surface area contributed by atoms with E-state index in [1.807, 2.05) is 7.05 Å². The number of urea groups is 1. The Kier molecular flexibility index (Phi) is 11.7. The Labute approximate surface area is 215 Å². The molecule has 1 aromatic carbocycles. The van der Waals surface area contributed by atoms with Crippen molar-refractivity contribution < 1.29 is 18.7 Å². The second-order valence-corrected chi connectivity index (χ2v) is 10.9. The summed E-state index contributed by atoms with van der Waals surface area (Å²) in [6.07, 6.45) is 4.65. The van der Waals surface area contributed by atoms with Gasteiger partial charge in [0.25, 0.3) is 0 Å². The van der Waals surface area contributed by atoms with Gasteiger partial charge in [-0.3, -0.25) is 0 Å². The Bertz CT molecular complexity index is 792. The second-order valence-electron chi connectivity index (χ2n) is 10.5. The molecule has 8 heteroatoms. The molecule has 0 aliphatic carbocycles. The van der Waals surface area contributed by atoms with E-state index in [1.165, 1.54) is 0 Å². The maximum atomic E-state index is 13.5. The van der Waals surface area contributed by atoms with Crippen molar-refractivity contribution in [3.8, 4) is 0 Å². The molecule has 0 spiro atoms. The molecule has 200 valence electrons. The molecule has 1 aliphatic heterocycles. The fraction of sp³-hybridized carbons (Fsp3) is 0.741. The predicted molar refractivity (Wildman–Crippen MR) is 139 cm³/mol. The number of likely N-dealkylation sites (N-methyl/N-ethyl adjacent to an activating group) is 1. The third kappa shape index (κ3) is 9.51. The second kappa shape index (κ2) is 13.8. The fourth-order valence-electron chi connectivity index (χ4n) is 5.36. The van der Waals surface area contributed by atoms with Crippen LogP contribution in [0.25, 0.3) is 0 Å². The van der Waals surface area contributed by atoms with Crippen LogP contribution in [-0.2, 0) is 5.60 Å². The Morgan fingerprint density at radius 2 is 2.09 bits per heavy atom. The van der Waals surface area contributed by atoms with Gasteiger partial charge in [0.1, 0.15) is 0 Å². The van der Waals surface area contributed by atoms with Crippen LogP contribution in [0.15, 0.2) is 24.3 Å². The average Bonchev–Trinajstić information content (AvgIpc) is 2.78. The molecule has 0 saturated carbocycles. The summed E-state index contributed by atoms with van der Waals surface area (Å²) >= 11 is 6.21. The smallest absolute Gasteiger partial charge is 0.317 e. The highest BCUT2D eigenvalue weighted by atomic mass is 35.5. The molecule has 1 unspecified atom stereocenters. The zero-order valence-corrected chi connectivity index (χ0v) is 22.5. The number of likely N-dealkylation sites (tertiary alicyclic amines) is 1. The van der Waals surface area contributed by atoms with Crippen LogP contribution in [0.4, 0.5) is 13.6 Å². The van der Waals surface area contributed by atoms with Gasteiger partial charge in [0.15, 0.2) is 0 Å². The van der Waals surface area contributed by atoms with E-state index in [0.717, 1.165) is 32.6 Å². The summed E-state index contributed by atoms with van der Waals surface area (Å²) in [5, 5.41) is 18.7. The van der Waals surface area contributed by atoms with Gasteiger partial charge in [-0.1, -0.05) is 50.4 Å². The SMILES string of the molecule is CCCC(C)C[C@@H](CNC)NC(=O)N1CCC[C@@H]([C@@](O)(CCCC(C)(F)F)c2cccc(Cl)c2)C1. The highest BCUT2D eigenvalue weighted by Gasteiger charge is 2.42. The van der Waals surface area contributed by atoms with Gasteiger partial charge in [-0.05, 0) is 69.7 Å². The molecule has 0 aromatic heterocycles. The fourth-order valence-corrected chi connectivity index (χ4v) is 5.55. The molecule has 3 N–H and O–H groups in total. The van der Waals surface area contributed by atoms with Gasteiger partial charge in [0, 0.05) is 43.0 Å². The first-order chi connectivity index (χ1) is 16.5. The number of rotatable bonds is 13. The van der Waals surface area contributed by atoms with Crippen LogP contribution in [0.5, 0.6) is 0 Å². The van der Waals surface area contributed by atoms with E-state index >= 15 is 0 Å². The van der Waals surface area contributed by atoms with Crippen LogP contribution in [0, 0.1) is 11.8 Å². The summed E-state index contributed by atoms with van der Waals surface area (Å²) in [5.74, 6) is -2.55. The van der Waals surface area contributed by atoms with Gasteiger partial charge in [0.2, 0.25) is 5.92 Å². The predicted octanol–water partition coefficient (Wildman–Crippen LogP) is 6.19. The van der Waals surface area contributed by atoms with E-state index in [9.17, 15) is 18.7 Å². The lowest BCUT2D eigenvalue weighted by atomic mass is 9.74. The summed E-state index contributed by atoms with van der Waals surface area (Å²) in [4.78, 5) is 15.0. The van der Waals surface area contributed by atoms with Crippen LogP contribution in [0.3, 0.4) is 0 Å². The van der Waals surface area contributed by atoms with E-state index in [1.54, 1.807) is 29.2 Å². The standard InChI is InChI=1S/C27H44ClF2N3O2/c1-5-9-20(2)16-24(18-31-4)32-25(34)33-15-7-11-22(19-33)27(35,14-8-13-26(3,29)30)21-10-6-12-23(28)17-21/h6,10,12,17,20,22,24,31,35H,5,7-9,11,13-16,18-19H2,1-4H3,(H,32,34)/t20?,22-,24+,27-/m1/s1. The molecule has 2 rings (SSSR count). The lowest BCUT2D eigenvalue weighted by molar-refractivity contribution is -0.0628. The monoisotopic (exact) mass is 515 g/mol. The van der Waals surface area contributed by atoms with E-state index in [4.69, 9.17) is 11.6 Å². The number of halogens is 3. The first kappa shape index (κ1) is 29.8. The van der Waals surface area contributed by atoms with Crippen LogP contribution >= 0.6 is 11.6 Å². The maximum absolute atomic E-state index is 13.5. The van der Waals surface area contributed by atoms with Crippen molar-refractivity contribution >= 4 is 17.6 Å². The lowest BCUT2D eigenvalue weighted by Crippen LogP contribution is -2.54. The highest BCUT2D eigenvalue weighted by Crippen LogP contribution is 2.41. The Morgan fingerprint density at radius 1 is 1.34 bits per heavy atom. The average molecular weight is 516 g/mol. The molecule has 5 nitrogen and oxygen atoms in total. The van der Waals surface area contributed by atoms with E-state index in [-0.39, 0.29) is 37.3 Å². The molecule has 1 fully saturated rings. The van der Waals surface area contributed by atoms with Crippen LogP contribution in [0.2, 0.25) is 5.02 Å². The normalized spacial score (nSPS) is 20.2.